The summed E-state index contributed by atoms with van der Waals surface area (Å²) in [6.07, 6.45) is 3.91. The number of likely N-dealkylation sites (tertiary alicyclic amines) is 1. The average molecular weight is 551 g/mol. The van der Waals surface area contributed by atoms with Crippen molar-refractivity contribution >= 4 is 33.4 Å². The van der Waals surface area contributed by atoms with Crippen molar-refractivity contribution in [2.45, 2.75) is 32.0 Å². The summed E-state index contributed by atoms with van der Waals surface area (Å²) in [5.74, 6) is -1.01. The van der Waals surface area contributed by atoms with E-state index in [4.69, 9.17) is 9.47 Å². The number of fused-ring (bicyclic) bond motifs is 1. The molecule has 0 aliphatic carbocycles. The average Bonchev–Trinajstić information content (AvgIpc) is 3.37. The molecule has 1 saturated heterocycles. The SMILES string of the molecule is COc1cc([C@@H]2C(=C(O)c3ccc4c(c3)C[C@H](C)O4)C(=O)C(=O)N2Cc2ccncc2)cc(Br)c1O. The van der Waals surface area contributed by atoms with Gasteiger partial charge in [-0.15, -0.1) is 0 Å². The summed E-state index contributed by atoms with van der Waals surface area (Å²) < 4.78 is 11.4. The lowest BCUT2D eigenvalue weighted by molar-refractivity contribution is -0.140. The number of rotatable bonds is 5. The molecular formula is C27H23BrN2O6. The predicted molar refractivity (Wildman–Crippen MR) is 135 cm³/mol. The monoisotopic (exact) mass is 550 g/mol. The molecule has 2 aliphatic rings. The lowest BCUT2D eigenvalue weighted by Gasteiger charge is -2.26. The zero-order valence-corrected chi connectivity index (χ0v) is 21.2. The Labute approximate surface area is 215 Å². The van der Waals surface area contributed by atoms with Crippen LogP contribution in [-0.4, -0.2) is 45.0 Å². The van der Waals surface area contributed by atoms with Gasteiger partial charge in [-0.3, -0.25) is 14.6 Å². The molecule has 0 unspecified atom stereocenters. The number of hydrogen-bond donors (Lipinski definition) is 2. The molecule has 0 saturated carbocycles. The highest BCUT2D eigenvalue weighted by atomic mass is 79.9. The number of methoxy groups -OCH3 is 1. The van der Waals surface area contributed by atoms with E-state index in [0.29, 0.717) is 22.0 Å². The van der Waals surface area contributed by atoms with Gasteiger partial charge in [0.25, 0.3) is 11.7 Å². The fourth-order valence-corrected chi connectivity index (χ4v) is 5.17. The third-order valence-electron chi connectivity index (χ3n) is 6.40. The molecule has 5 rings (SSSR count). The smallest absolute Gasteiger partial charge is 0.295 e. The fraction of sp³-hybridized carbons (Fsp3) is 0.222. The van der Waals surface area contributed by atoms with Gasteiger partial charge in [0.1, 0.15) is 17.6 Å². The zero-order valence-electron chi connectivity index (χ0n) is 19.6. The normalized spacial score (nSPS) is 20.4. The number of aliphatic hydroxyl groups excluding tert-OH is 1. The molecule has 3 heterocycles. The van der Waals surface area contributed by atoms with Gasteiger partial charge >= 0.3 is 0 Å². The van der Waals surface area contributed by atoms with Crippen LogP contribution in [0.2, 0.25) is 0 Å². The summed E-state index contributed by atoms with van der Waals surface area (Å²) in [5.41, 5.74) is 2.56. The maximum absolute atomic E-state index is 13.4. The number of nitrogens with zero attached hydrogens (tertiary/aromatic N) is 2. The van der Waals surface area contributed by atoms with Crippen LogP contribution in [0.25, 0.3) is 5.76 Å². The first-order valence-corrected chi connectivity index (χ1v) is 12.1. The molecule has 184 valence electrons. The lowest BCUT2D eigenvalue weighted by atomic mass is 9.94. The minimum Gasteiger partial charge on any atom is -0.507 e. The summed E-state index contributed by atoms with van der Waals surface area (Å²) in [6, 6.07) is 11.0. The first kappa shape index (κ1) is 23.9. The van der Waals surface area contributed by atoms with Gasteiger partial charge in [0.05, 0.1) is 23.2 Å². The Hall–Kier alpha value is -3.85. The number of ether oxygens (including phenoxy) is 2. The van der Waals surface area contributed by atoms with Crippen molar-refractivity contribution in [3.05, 3.63) is 87.2 Å². The molecular weight excluding hydrogens is 528 g/mol. The second-order valence-corrected chi connectivity index (χ2v) is 9.65. The van der Waals surface area contributed by atoms with Gasteiger partial charge in [-0.1, -0.05) is 0 Å². The Kier molecular flexibility index (Phi) is 6.17. The maximum atomic E-state index is 13.4. The minimum atomic E-state index is -0.924. The van der Waals surface area contributed by atoms with E-state index in [1.165, 1.54) is 12.0 Å². The maximum Gasteiger partial charge on any atom is 0.295 e. The fourth-order valence-electron chi connectivity index (χ4n) is 4.71. The number of ketones is 1. The van der Waals surface area contributed by atoms with Gasteiger partial charge in [-0.2, -0.15) is 0 Å². The number of hydrogen-bond acceptors (Lipinski definition) is 7. The van der Waals surface area contributed by atoms with Gasteiger partial charge in [-0.05, 0) is 82.0 Å². The molecule has 1 fully saturated rings. The van der Waals surface area contributed by atoms with Crippen LogP contribution < -0.4 is 9.47 Å². The number of halogens is 1. The minimum absolute atomic E-state index is 0.0187. The van der Waals surface area contributed by atoms with Crippen molar-refractivity contribution in [3.8, 4) is 17.2 Å². The Morgan fingerprint density at radius 1 is 1.19 bits per heavy atom. The van der Waals surface area contributed by atoms with Crippen molar-refractivity contribution in [2.24, 2.45) is 0 Å². The van der Waals surface area contributed by atoms with E-state index < -0.39 is 17.7 Å². The highest BCUT2D eigenvalue weighted by Gasteiger charge is 2.46. The Balaban J connectivity index is 1.68. The van der Waals surface area contributed by atoms with E-state index >= 15 is 0 Å². The first-order chi connectivity index (χ1) is 17.3. The molecule has 9 heteroatoms. The third kappa shape index (κ3) is 4.09. The highest BCUT2D eigenvalue weighted by molar-refractivity contribution is 9.10. The molecule has 8 nitrogen and oxygen atoms in total. The number of carbonyl (C=O) groups is 2. The standard InChI is InChI=1S/C27H23BrN2O6/c1-14-9-17-10-16(3-4-20(17)36-14)24(31)22-23(18-11-19(28)25(32)21(12-18)35-2)30(27(34)26(22)33)13-15-5-7-29-8-6-15/h3-8,10-12,14,23,31-32H,9,13H2,1-2H3/t14-,23+/m0/s1. The summed E-state index contributed by atoms with van der Waals surface area (Å²) in [6.45, 7) is 2.07. The summed E-state index contributed by atoms with van der Waals surface area (Å²) in [5, 5.41) is 21.7. The number of aromatic nitrogens is 1. The van der Waals surface area contributed by atoms with Crippen LogP contribution in [0, 0.1) is 0 Å². The van der Waals surface area contributed by atoms with Crippen LogP contribution in [0.15, 0.2) is 64.9 Å². The number of carbonyl (C=O) groups excluding carboxylic acids is 2. The third-order valence-corrected chi connectivity index (χ3v) is 7.00. The molecule has 36 heavy (non-hydrogen) atoms. The largest absolute Gasteiger partial charge is 0.507 e. The molecule has 2 aliphatic heterocycles. The van der Waals surface area contributed by atoms with E-state index in [2.05, 4.69) is 20.9 Å². The summed E-state index contributed by atoms with van der Waals surface area (Å²) >= 11 is 3.32. The van der Waals surface area contributed by atoms with E-state index in [-0.39, 0.29) is 35.5 Å². The molecule has 1 amide bonds. The van der Waals surface area contributed by atoms with Gasteiger partial charge in [0.15, 0.2) is 11.5 Å². The molecule has 1 aromatic heterocycles. The van der Waals surface area contributed by atoms with E-state index in [1.54, 1.807) is 54.9 Å². The van der Waals surface area contributed by atoms with Crippen molar-refractivity contribution in [1.82, 2.24) is 9.88 Å². The van der Waals surface area contributed by atoms with Crippen LogP contribution in [-0.2, 0) is 22.6 Å². The van der Waals surface area contributed by atoms with Crippen molar-refractivity contribution in [1.29, 1.82) is 0 Å². The number of amides is 1. The molecule has 0 radical (unpaired) electrons. The Morgan fingerprint density at radius 3 is 2.67 bits per heavy atom. The van der Waals surface area contributed by atoms with E-state index in [0.717, 1.165) is 16.9 Å². The van der Waals surface area contributed by atoms with Gasteiger partial charge in [-0.25, -0.2) is 0 Å². The second kappa shape index (κ2) is 9.31. The second-order valence-electron chi connectivity index (χ2n) is 8.79. The van der Waals surface area contributed by atoms with Gasteiger partial charge in [0.2, 0.25) is 0 Å². The summed E-state index contributed by atoms with van der Waals surface area (Å²) in [4.78, 5) is 32.1. The van der Waals surface area contributed by atoms with Crippen molar-refractivity contribution < 1.29 is 29.3 Å². The highest BCUT2D eigenvalue weighted by Crippen LogP contribution is 2.45. The van der Waals surface area contributed by atoms with Crippen LogP contribution in [0.4, 0.5) is 0 Å². The number of pyridine rings is 1. The van der Waals surface area contributed by atoms with Crippen molar-refractivity contribution in [3.63, 3.8) is 0 Å². The molecule has 0 spiro atoms. The number of aliphatic hydroxyl groups is 1. The number of Topliss-reactive ketones (excluding diaryl/α,β-unsaturated/α-hetero) is 1. The van der Waals surface area contributed by atoms with E-state index in [1.807, 2.05) is 6.92 Å². The Morgan fingerprint density at radius 2 is 1.94 bits per heavy atom. The topological polar surface area (TPSA) is 109 Å². The van der Waals surface area contributed by atoms with Gasteiger partial charge < -0.3 is 24.6 Å². The molecule has 2 N–H and O–H groups in total. The molecule has 2 aromatic carbocycles. The van der Waals surface area contributed by atoms with Gasteiger partial charge in [0, 0.05) is 30.9 Å². The quantitative estimate of drug-likeness (QED) is 0.273. The molecule has 2 atom stereocenters. The lowest BCUT2D eigenvalue weighted by Crippen LogP contribution is -2.29. The zero-order chi connectivity index (χ0) is 25.6. The number of phenols is 1. The van der Waals surface area contributed by atoms with Crippen LogP contribution in [0.1, 0.15) is 35.2 Å². The summed E-state index contributed by atoms with van der Waals surface area (Å²) in [7, 11) is 1.41. The van der Waals surface area contributed by atoms with Crippen LogP contribution >= 0.6 is 15.9 Å². The first-order valence-electron chi connectivity index (χ1n) is 11.3. The van der Waals surface area contributed by atoms with Crippen LogP contribution in [0.5, 0.6) is 17.2 Å². The number of phenolic OH excluding ortho intramolecular Hbond substituents is 1. The van der Waals surface area contributed by atoms with Crippen molar-refractivity contribution in [2.75, 3.05) is 7.11 Å². The number of aromatic hydroxyl groups is 1. The predicted octanol–water partition coefficient (Wildman–Crippen LogP) is 4.50. The molecule has 3 aromatic rings. The van der Waals surface area contributed by atoms with E-state index in [9.17, 15) is 19.8 Å². The molecule has 0 bridgehead atoms. The van der Waals surface area contributed by atoms with Crippen LogP contribution in [0.3, 0.4) is 0 Å². The Bertz CT molecular complexity index is 1400. The number of benzene rings is 2.